The van der Waals surface area contributed by atoms with Crippen molar-refractivity contribution >= 4 is 17.4 Å². The fraction of sp³-hybridized carbons (Fsp3) is 0.105. The Bertz CT molecular complexity index is 1120. The van der Waals surface area contributed by atoms with Crippen molar-refractivity contribution in [3.63, 3.8) is 0 Å². The standard InChI is InChI=1S/C19H13F3N4OS/c20-15-7-2-1-6-14(15)18-24-23-16-8-9-17(25-26(16)18)28-11-12-4-3-5-13(10-12)27-19(21)22/h1-10,19H,11H2. The predicted octanol–water partition coefficient (Wildman–Crippen LogP) is 4.82. The van der Waals surface area contributed by atoms with Crippen molar-refractivity contribution in [1.82, 2.24) is 19.8 Å². The summed E-state index contributed by atoms with van der Waals surface area (Å²) in [4.78, 5) is 0. The van der Waals surface area contributed by atoms with Crippen LogP contribution in [0.1, 0.15) is 5.56 Å². The highest BCUT2D eigenvalue weighted by Gasteiger charge is 2.14. The molecule has 0 bridgehead atoms. The zero-order valence-electron chi connectivity index (χ0n) is 14.3. The lowest BCUT2D eigenvalue weighted by molar-refractivity contribution is -0.0498. The van der Waals surface area contributed by atoms with Crippen LogP contribution in [0.4, 0.5) is 13.2 Å². The number of benzene rings is 2. The van der Waals surface area contributed by atoms with E-state index in [1.54, 1.807) is 42.5 Å². The number of halogens is 3. The van der Waals surface area contributed by atoms with Crippen molar-refractivity contribution in [2.75, 3.05) is 0 Å². The average molecular weight is 402 g/mol. The Morgan fingerprint density at radius 3 is 2.68 bits per heavy atom. The van der Waals surface area contributed by atoms with Gasteiger partial charge in [0.05, 0.1) is 5.56 Å². The van der Waals surface area contributed by atoms with Crippen molar-refractivity contribution in [3.05, 3.63) is 72.0 Å². The summed E-state index contributed by atoms with van der Waals surface area (Å²) in [6, 6.07) is 16.3. The van der Waals surface area contributed by atoms with Crippen LogP contribution in [0.2, 0.25) is 0 Å². The van der Waals surface area contributed by atoms with Crippen molar-refractivity contribution in [2.24, 2.45) is 0 Å². The molecular formula is C19H13F3N4OS. The lowest BCUT2D eigenvalue weighted by Gasteiger charge is -2.07. The molecule has 0 saturated heterocycles. The van der Waals surface area contributed by atoms with Crippen molar-refractivity contribution < 1.29 is 17.9 Å². The highest BCUT2D eigenvalue weighted by atomic mass is 32.2. The minimum absolute atomic E-state index is 0.108. The molecule has 28 heavy (non-hydrogen) atoms. The molecule has 0 N–H and O–H groups in total. The Morgan fingerprint density at radius 1 is 1.00 bits per heavy atom. The van der Waals surface area contributed by atoms with Crippen LogP contribution in [0.5, 0.6) is 5.75 Å². The van der Waals surface area contributed by atoms with E-state index >= 15 is 0 Å². The van der Waals surface area contributed by atoms with E-state index in [0.29, 0.717) is 27.8 Å². The molecule has 4 rings (SSSR count). The Hall–Kier alpha value is -3.07. The maximum atomic E-state index is 14.1. The molecule has 0 radical (unpaired) electrons. The van der Waals surface area contributed by atoms with Crippen LogP contribution < -0.4 is 4.74 Å². The number of nitrogens with zero attached hydrogens (tertiary/aromatic N) is 4. The number of alkyl halides is 2. The van der Waals surface area contributed by atoms with E-state index in [2.05, 4.69) is 20.0 Å². The Labute approximate surface area is 162 Å². The molecule has 0 amide bonds. The maximum absolute atomic E-state index is 14.1. The van der Waals surface area contributed by atoms with E-state index in [-0.39, 0.29) is 5.75 Å². The van der Waals surface area contributed by atoms with Gasteiger partial charge >= 0.3 is 6.61 Å². The first-order chi connectivity index (χ1) is 13.6. The van der Waals surface area contributed by atoms with Crippen LogP contribution in [-0.2, 0) is 5.75 Å². The summed E-state index contributed by atoms with van der Waals surface area (Å²) in [6.45, 7) is -2.86. The molecule has 4 aromatic rings. The number of hydrogen-bond acceptors (Lipinski definition) is 5. The third kappa shape index (κ3) is 3.94. The zero-order chi connectivity index (χ0) is 19.5. The largest absolute Gasteiger partial charge is 0.435 e. The molecule has 0 aliphatic heterocycles. The van der Waals surface area contributed by atoms with E-state index < -0.39 is 12.4 Å². The number of ether oxygens (including phenoxy) is 1. The number of rotatable bonds is 6. The first-order valence-electron chi connectivity index (χ1n) is 8.24. The summed E-state index contributed by atoms with van der Waals surface area (Å²) in [6.07, 6.45) is 0. The molecule has 2 heterocycles. The molecule has 5 nitrogen and oxygen atoms in total. The molecule has 0 unspecified atom stereocenters. The van der Waals surface area contributed by atoms with Gasteiger partial charge in [0, 0.05) is 5.75 Å². The number of thioether (sulfide) groups is 1. The Kier molecular flexibility index (Phi) is 5.16. The monoisotopic (exact) mass is 402 g/mol. The van der Waals surface area contributed by atoms with Gasteiger partial charge in [-0.2, -0.15) is 18.4 Å². The second kappa shape index (κ2) is 7.89. The second-order valence-electron chi connectivity index (χ2n) is 5.76. The second-order valence-corrected chi connectivity index (χ2v) is 6.76. The van der Waals surface area contributed by atoms with Crippen LogP contribution in [0.25, 0.3) is 17.0 Å². The van der Waals surface area contributed by atoms with Crippen LogP contribution in [0.15, 0.2) is 65.7 Å². The smallest absolute Gasteiger partial charge is 0.387 e. The molecule has 9 heteroatoms. The van der Waals surface area contributed by atoms with Gasteiger partial charge in [-0.3, -0.25) is 0 Å². The first-order valence-corrected chi connectivity index (χ1v) is 9.22. The Morgan fingerprint density at radius 2 is 1.86 bits per heavy atom. The summed E-state index contributed by atoms with van der Waals surface area (Å²) < 4.78 is 44.7. The number of aromatic nitrogens is 4. The number of hydrogen-bond donors (Lipinski definition) is 0. The summed E-state index contributed by atoms with van der Waals surface area (Å²) >= 11 is 1.40. The molecular weight excluding hydrogens is 389 g/mol. The SMILES string of the molecule is Fc1ccccc1-c1nnc2ccc(SCc3cccc(OC(F)F)c3)nn12. The van der Waals surface area contributed by atoms with Gasteiger partial charge in [-0.1, -0.05) is 36.0 Å². The molecule has 0 atom stereocenters. The summed E-state index contributed by atoms with van der Waals surface area (Å²) in [7, 11) is 0. The van der Waals surface area contributed by atoms with Gasteiger partial charge in [0.25, 0.3) is 0 Å². The molecule has 2 aromatic heterocycles. The van der Waals surface area contributed by atoms with E-state index in [9.17, 15) is 13.2 Å². The van der Waals surface area contributed by atoms with E-state index in [4.69, 9.17) is 0 Å². The van der Waals surface area contributed by atoms with Crippen molar-refractivity contribution in [2.45, 2.75) is 17.4 Å². The van der Waals surface area contributed by atoms with Gasteiger partial charge in [0.2, 0.25) is 0 Å². The van der Waals surface area contributed by atoms with Crippen LogP contribution in [0, 0.1) is 5.82 Å². The molecule has 142 valence electrons. The van der Waals surface area contributed by atoms with Gasteiger partial charge in [-0.05, 0) is 42.0 Å². The summed E-state index contributed by atoms with van der Waals surface area (Å²) in [5, 5.41) is 13.2. The molecule has 0 aliphatic carbocycles. The van der Waals surface area contributed by atoms with Crippen molar-refractivity contribution in [1.29, 1.82) is 0 Å². The fourth-order valence-electron chi connectivity index (χ4n) is 2.63. The third-order valence-electron chi connectivity index (χ3n) is 3.86. The van der Waals surface area contributed by atoms with E-state index in [1.807, 2.05) is 6.07 Å². The molecule has 0 aliphatic rings. The molecule has 0 spiro atoms. The minimum atomic E-state index is -2.86. The van der Waals surface area contributed by atoms with Gasteiger partial charge in [-0.25, -0.2) is 4.39 Å². The fourth-order valence-corrected chi connectivity index (χ4v) is 3.43. The zero-order valence-corrected chi connectivity index (χ0v) is 15.1. The van der Waals surface area contributed by atoms with Gasteiger partial charge in [-0.15, -0.1) is 10.2 Å². The highest BCUT2D eigenvalue weighted by Crippen LogP contribution is 2.26. The molecule has 0 fully saturated rings. The number of fused-ring (bicyclic) bond motifs is 1. The normalized spacial score (nSPS) is 11.3. The van der Waals surface area contributed by atoms with Crippen LogP contribution in [-0.4, -0.2) is 26.4 Å². The van der Waals surface area contributed by atoms with Crippen LogP contribution in [0.3, 0.4) is 0 Å². The maximum Gasteiger partial charge on any atom is 0.387 e. The summed E-state index contributed by atoms with van der Waals surface area (Å²) in [5.41, 5.74) is 1.61. The van der Waals surface area contributed by atoms with E-state index in [0.717, 1.165) is 5.56 Å². The summed E-state index contributed by atoms with van der Waals surface area (Å²) in [5.74, 6) is 0.503. The first kappa shape index (κ1) is 18.3. The highest BCUT2D eigenvalue weighted by molar-refractivity contribution is 7.98. The average Bonchev–Trinajstić information content (AvgIpc) is 3.10. The van der Waals surface area contributed by atoms with Crippen LogP contribution >= 0.6 is 11.8 Å². The Balaban J connectivity index is 1.57. The van der Waals surface area contributed by atoms with E-state index in [1.165, 1.54) is 28.4 Å². The minimum Gasteiger partial charge on any atom is -0.435 e. The predicted molar refractivity (Wildman–Crippen MR) is 98.8 cm³/mol. The lowest BCUT2D eigenvalue weighted by atomic mass is 10.2. The quantitative estimate of drug-likeness (QED) is 0.433. The topological polar surface area (TPSA) is 52.3 Å². The van der Waals surface area contributed by atoms with Gasteiger partial charge in [0.15, 0.2) is 11.5 Å². The van der Waals surface area contributed by atoms with Crippen molar-refractivity contribution in [3.8, 4) is 17.1 Å². The lowest BCUT2D eigenvalue weighted by Crippen LogP contribution is -2.02. The molecule has 2 aromatic carbocycles. The van der Waals surface area contributed by atoms with Gasteiger partial charge in [0.1, 0.15) is 16.6 Å². The van der Waals surface area contributed by atoms with Gasteiger partial charge < -0.3 is 4.74 Å². The third-order valence-corrected chi connectivity index (χ3v) is 4.85. The molecule has 0 saturated carbocycles.